The van der Waals surface area contributed by atoms with Gasteiger partial charge in [0.15, 0.2) is 0 Å². The highest BCUT2D eigenvalue weighted by molar-refractivity contribution is 5.85. The molecule has 0 radical (unpaired) electrons. The summed E-state index contributed by atoms with van der Waals surface area (Å²) in [4.78, 5) is 30.6. The fourth-order valence-electron chi connectivity index (χ4n) is 3.07. The maximum atomic E-state index is 12.2. The normalized spacial score (nSPS) is 24.9. The fourth-order valence-corrected chi connectivity index (χ4v) is 3.07. The number of hydrogen-bond acceptors (Lipinski definition) is 3. The minimum absolute atomic E-state index is 0.113. The van der Waals surface area contributed by atoms with Crippen molar-refractivity contribution in [2.24, 2.45) is 17.8 Å². The Balaban J connectivity index is 1.77. The van der Waals surface area contributed by atoms with Gasteiger partial charge in [-0.25, -0.2) is 4.98 Å². The zero-order valence-electron chi connectivity index (χ0n) is 12.3. The maximum Gasteiger partial charge on any atom is 0.307 e. The van der Waals surface area contributed by atoms with Crippen LogP contribution in [0.15, 0.2) is 12.4 Å². The molecule has 1 aliphatic rings. The highest BCUT2D eigenvalue weighted by Gasteiger charge is 2.41. The molecule has 0 saturated heterocycles. The van der Waals surface area contributed by atoms with E-state index >= 15 is 0 Å². The van der Waals surface area contributed by atoms with Crippen LogP contribution < -0.4 is 5.32 Å². The van der Waals surface area contributed by atoms with E-state index in [0.717, 1.165) is 25.1 Å². The molecule has 116 valence electrons. The van der Waals surface area contributed by atoms with Crippen molar-refractivity contribution in [2.75, 3.05) is 6.54 Å². The molecule has 3 atom stereocenters. The van der Waals surface area contributed by atoms with Crippen molar-refractivity contribution < 1.29 is 14.7 Å². The first-order chi connectivity index (χ1) is 10.1. The number of carboxylic acids is 1. The van der Waals surface area contributed by atoms with E-state index in [2.05, 4.69) is 15.3 Å². The number of aromatic nitrogens is 2. The minimum atomic E-state index is -0.846. The number of carbonyl (C=O) groups is 2. The Labute approximate surface area is 124 Å². The first-order valence-corrected chi connectivity index (χ1v) is 7.60. The van der Waals surface area contributed by atoms with Crippen LogP contribution in [0.5, 0.6) is 0 Å². The Bertz CT molecular complexity index is 473. The quantitative estimate of drug-likeness (QED) is 0.665. The lowest BCUT2D eigenvalue weighted by Gasteiger charge is -2.15. The molecule has 1 amide bonds. The summed E-state index contributed by atoms with van der Waals surface area (Å²) in [7, 11) is 0. The molecule has 3 N–H and O–H groups in total. The highest BCUT2D eigenvalue weighted by atomic mass is 16.4. The van der Waals surface area contributed by atoms with Crippen molar-refractivity contribution in [3.05, 3.63) is 18.2 Å². The summed E-state index contributed by atoms with van der Waals surface area (Å²) in [5, 5.41) is 12.1. The predicted octanol–water partition coefficient (Wildman–Crippen LogP) is 1.60. The Morgan fingerprint density at radius 1 is 1.43 bits per heavy atom. The molecule has 0 aromatic carbocycles. The highest BCUT2D eigenvalue weighted by Crippen LogP contribution is 2.38. The number of carbonyl (C=O) groups excluding carboxylic acids is 1. The summed E-state index contributed by atoms with van der Waals surface area (Å²) >= 11 is 0. The van der Waals surface area contributed by atoms with Crippen molar-refractivity contribution in [1.82, 2.24) is 15.3 Å². The van der Waals surface area contributed by atoms with E-state index in [9.17, 15) is 14.7 Å². The van der Waals surface area contributed by atoms with Gasteiger partial charge in [-0.1, -0.05) is 13.3 Å². The molecule has 1 aliphatic carbocycles. The van der Waals surface area contributed by atoms with Crippen molar-refractivity contribution >= 4 is 11.9 Å². The topological polar surface area (TPSA) is 95.1 Å². The first kappa shape index (κ1) is 15.5. The van der Waals surface area contributed by atoms with E-state index in [1.807, 2.05) is 6.92 Å². The number of aromatic amines is 1. The second kappa shape index (κ2) is 7.24. The smallest absolute Gasteiger partial charge is 0.307 e. The Hall–Kier alpha value is -1.85. The van der Waals surface area contributed by atoms with Crippen LogP contribution in [0.4, 0.5) is 0 Å². The van der Waals surface area contributed by atoms with Crippen molar-refractivity contribution in [2.45, 2.75) is 39.0 Å². The van der Waals surface area contributed by atoms with Crippen LogP contribution in [0.3, 0.4) is 0 Å². The van der Waals surface area contributed by atoms with Crippen LogP contribution >= 0.6 is 0 Å². The van der Waals surface area contributed by atoms with E-state index in [0.29, 0.717) is 25.3 Å². The van der Waals surface area contributed by atoms with Crippen molar-refractivity contribution in [1.29, 1.82) is 0 Å². The molecule has 1 aromatic heterocycles. The van der Waals surface area contributed by atoms with Crippen molar-refractivity contribution in [3.8, 4) is 0 Å². The number of imidazole rings is 1. The summed E-state index contributed by atoms with van der Waals surface area (Å²) in [6, 6.07) is 0. The number of aliphatic carboxylic acids is 1. The molecule has 1 saturated carbocycles. The van der Waals surface area contributed by atoms with Gasteiger partial charge in [-0.05, 0) is 25.2 Å². The lowest BCUT2D eigenvalue weighted by atomic mass is 9.95. The lowest BCUT2D eigenvalue weighted by Crippen LogP contribution is -2.35. The molecule has 1 fully saturated rings. The Morgan fingerprint density at radius 3 is 2.81 bits per heavy atom. The second-order valence-corrected chi connectivity index (χ2v) is 5.73. The molecule has 0 spiro atoms. The average molecular weight is 293 g/mol. The summed E-state index contributed by atoms with van der Waals surface area (Å²) < 4.78 is 0. The maximum absolute atomic E-state index is 12.2. The summed E-state index contributed by atoms with van der Waals surface area (Å²) in [5.74, 6) is -0.611. The molecule has 1 heterocycles. The van der Waals surface area contributed by atoms with Gasteiger partial charge < -0.3 is 15.4 Å². The minimum Gasteiger partial charge on any atom is -0.481 e. The van der Waals surface area contributed by atoms with Crippen LogP contribution in [0.1, 0.15) is 38.4 Å². The Morgan fingerprint density at radius 2 is 2.19 bits per heavy atom. The predicted molar refractivity (Wildman–Crippen MR) is 77.5 cm³/mol. The van der Waals surface area contributed by atoms with Gasteiger partial charge in [0.1, 0.15) is 5.82 Å². The zero-order chi connectivity index (χ0) is 15.2. The third-order valence-electron chi connectivity index (χ3n) is 4.34. The molecule has 21 heavy (non-hydrogen) atoms. The van der Waals surface area contributed by atoms with E-state index in [-0.39, 0.29) is 11.8 Å². The largest absolute Gasteiger partial charge is 0.481 e. The number of hydrogen-bond donors (Lipinski definition) is 3. The van der Waals surface area contributed by atoms with E-state index < -0.39 is 11.9 Å². The molecule has 6 nitrogen and oxygen atoms in total. The molecule has 1 unspecified atom stereocenters. The van der Waals surface area contributed by atoms with Gasteiger partial charge in [0.2, 0.25) is 5.91 Å². The van der Waals surface area contributed by atoms with E-state index in [4.69, 9.17) is 0 Å². The van der Waals surface area contributed by atoms with Crippen LogP contribution in [0, 0.1) is 17.8 Å². The SMILES string of the molecule is CCC1C[C@H](C(=O)NCCCc2ncc[nH]2)[C@H](C(=O)O)C1. The number of nitrogens with one attached hydrogen (secondary N) is 2. The number of amides is 1. The van der Waals surface area contributed by atoms with E-state index in [1.165, 1.54) is 0 Å². The third kappa shape index (κ3) is 4.06. The zero-order valence-corrected chi connectivity index (χ0v) is 12.3. The van der Waals surface area contributed by atoms with Gasteiger partial charge in [0, 0.05) is 25.4 Å². The van der Waals surface area contributed by atoms with Crippen LogP contribution in [-0.4, -0.2) is 33.5 Å². The van der Waals surface area contributed by atoms with Gasteiger partial charge in [0.05, 0.1) is 11.8 Å². The molecular formula is C15H23N3O3. The van der Waals surface area contributed by atoms with Crippen LogP contribution in [0.25, 0.3) is 0 Å². The second-order valence-electron chi connectivity index (χ2n) is 5.73. The lowest BCUT2D eigenvalue weighted by molar-refractivity contribution is -0.146. The van der Waals surface area contributed by atoms with Gasteiger partial charge in [-0.3, -0.25) is 9.59 Å². The fraction of sp³-hybridized carbons (Fsp3) is 0.667. The number of H-pyrrole nitrogens is 1. The first-order valence-electron chi connectivity index (χ1n) is 7.60. The van der Waals surface area contributed by atoms with Crippen LogP contribution in [0.2, 0.25) is 0 Å². The van der Waals surface area contributed by atoms with Gasteiger partial charge in [0.25, 0.3) is 0 Å². The standard InChI is InChI=1S/C15H23N3O3/c1-2-10-8-11(12(9-10)15(20)21)14(19)18-5-3-4-13-16-6-7-17-13/h6-7,10-12H,2-5,8-9H2,1H3,(H,16,17)(H,18,19)(H,20,21)/t10?,11-,12+/m0/s1. The summed E-state index contributed by atoms with van der Waals surface area (Å²) in [6.07, 6.45) is 7.29. The van der Waals surface area contributed by atoms with Gasteiger partial charge in [-0.2, -0.15) is 0 Å². The number of nitrogens with zero attached hydrogens (tertiary/aromatic N) is 1. The summed E-state index contributed by atoms with van der Waals surface area (Å²) in [6.45, 7) is 2.60. The Kier molecular flexibility index (Phi) is 5.36. The van der Waals surface area contributed by atoms with Crippen LogP contribution in [-0.2, 0) is 16.0 Å². The molecule has 1 aromatic rings. The van der Waals surface area contributed by atoms with Crippen molar-refractivity contribution in [3.63, 3.8) is 0 Å². The molecule has 6 heteroatoms. The number of rotatable bonds is 7. The van der Waals surface area contributed by atoms with Gasteiger partial charge in [-0.15, -0.1) is 0 Å². The third-order valence-corrected chi connectivity index (χ3v) is 4.34. The molecule has 0 bridgehead atoms. The number of aryl methyl sites for hydroxylation is 1. The molecule has 2 rings (SSSR count). The average Bonchev–Trinajstić information content (AvgIpc) is 3.12. The molecular weight excluding hydrogens is 270 g/mol. The van der Waals surface area contributed by atoms with Gasteiger partial charge >= 0.3 is 5.97 Å². The van der Waals surface area contributed by atoms with E-state index in [1.54, 1.807) is 12.4 Å². The summed E-state index contributed by atoms with van der Waals surface area (Å²) in [5.41, 5.74) is 0. The monoisotopic (exact) mass is 293 g/mol. The molecule has 0 aliphatic heterocycles. The number of carboxylic acid groups (broad SMARTS) is 1.